The molecule has 0 aromatic carbocycles. The Hall–Kier alpha value is -1.26. The van der Waals surface area contributed by atoms with Crippen molar-refractivity contribution in [3.8, 4) is 0 Å². The monoisotopic (exact) mass is 282 g/mol. The normalized spacial score (nSPS) is 30.1. The number of carboxylic acids is 1. The van der Waals surface area contributed by atoms with Gasteiger partial charge in [-0.2, -0.15) is 0 Å². The number of aliphatic carboxylic acids is 1. The fourth-order valence-electron chi connectivity index (χ4n) is 3.54. The molecule has 2 saturated carbocycles. The van der Waals surface area contributed by atoms with Crippen molar-refractivity contribution >= 4 is 12.0 Å². The van der Waals surface area contributed by atoms with Crippen LogP contribution in [0.4, 0.5) is 4.79 Å². The number of hydrogen-bond donors (Lipinski definition) is 3. The number of hydrogen-bond acceptors (Lipinski definition) is 2. The number of rotatable bonds is 4. The molecule has 0 aliphatic heterocycles. The van der Waals surface area contributed by atoms with Gasteiger partial charge in [0.2, 0.25) is 0 Å². The first-order valence-electron chi connectivity index (χ1n) is 7.54. The van der Waals surface area contributed by atoms with E-state index in [9.17, 15) is 9.59 Å². The third-order valence-corrected chi connectivity index (χ3v) is 4.78. The second-order valence-corrected chi connectivity index (χ2v) is 7.42. The van der Waals surface area contributed by atoms with Gasteiger partial charge < -0.3 is 15.7 Å². The Bertz CT molecular complexity index is 389. The molecule has 2 rings (SSSR count). The summed E-state index contributed by atoms with van der Waals surface area (Å²) < 4.78 is 0. The van der Waals surface area contributed by atoms with Crippen molar-refractivity contribution in [2.45, 2.75) is 65.0 Å². The molecule has 0 aromatic rings. The summed E-state index contributed by atoms with van der Waals surface area (Å²) in [7, 11) is 0. The van der Waals surface area contributed by atoms with E-state index in [0.29, 0.717) is 5.92 Å². The fraction of sp³-hybridized carbons (Fsp3) is 0.867. The predicted octanol–water partition coefficient (Wildman–Crippen LogP) is 2.36. The van der Waals surface area contributed by atoms with Gasteiger partial charge in [-0.15, -0.1) is 0 Å². The van der Waals surface area contributed by atoms with Crippen LogP contribution in [0.2, 0.25) is 0 Å². The highest BCUT2D eigenvalue weighted by Crippen LogP contribution is 2.44. The summed E-state index contributed by atoms with van der Waals surface area (Å²) in [5, 5.41) is 14.8. The van der Waals surface area contributed by atoms with E-state index >= 15 is 0 Å². The quantitative estimate of drug-likeness (QED) is 0.740. The minimum absolute atomic E-state index is 0.0480. The first kappa shape index (κ1) is 15.1. The number of urea groups is 1. The highest BCUT2D eigenvalue weighted by atomic mass is 16.4. The average molecular weight is 282 g/mol. The standard InChI is InChI=1S/C15H26N2O3/c1-15(2,3)12(8-13(18)19)17-14(20)16-11-7-9-4-5-10(11)6-9/h9-12H,4-8H2,1-3H3,(H,18,19)(H2,16,17,20). The molecular formula is C15H26N2O3. The number of nitrogens with one attached hydrogen (secondary N) is 2. The summed E-state index contributed by atoms with van der Waals surface area (Å²) in [6, 6.07) is -0.304. The van der Waals surface area contributed by atoms with E-state index in [1.807, 2.05) is 20.8 Å². The molecule has 2 aliphatic rings. The van der Waals surface area contributed by atoms with Crippen molar-refractivity contribution in [2.75, 3.05) is 0 Å². The van der Waals surface area contributed by atoms with Crippen molar-refractivity contribution in [1.29, 1.82) is 0 Å². The smallest absolute Gasteiger partial charge is 0.315 e. The van der Waals surface area contributed by atoms with Gasteiger partial charge in [-0.05, 0) is 36.5 Å². The van der Waals surface area contributed by atoms with Crippen molar-refractivity contribution in [3.05, 3.63) is 0 Å². The molecule has 4 unspecified atom stereocenters. The zero-order valence-corrected chi connectivity index (χ0v) is 12.6. The van der Waals surface area contributed by atoms with Crippen molar-refractivity contribution in [2.24, 2.45) is 17.3 Å². The third-order valence-electron chi connectivity index (χ3n) is 4.78. The molecule has 4 atom stereocenters. The van der Waals surface area contributed by atoms with Crippen molar-refractivity contribution < 1.29 is 14.7 Å². The minimum atomic E-state index is -0.884. The zero-order chi connectivity index (χ0) is 14.9. The molecular weight excluding hydrogens is 256 g/mol. The maximum Gasteiger partial charge on any atom is 0.315 e. The van der Waals surface area contributed by atoms with Gasteiger partial charge in [0.1, 0.15) is 0 Å². The Morgan fingerprint density at radius 3 is 2.40 bits per heavy atom. The third kappa shape index (κ3) is 3.64. The first-order valence-corrected chi connectivity index (χ1v) is 7.54. The number of amides is 2. The lowest BCUT2D eigenvalue weighted by atomic mass is 9.85. The van der Waals surface area contributed by atoms with Gasteiger partial charge in [-0.1, -0.05) is 27.2 Å². The van der Waals surface area contributed by atoms with Gasteiger partial charge in [0.15, 0.2) is 0 Å². The van der Waals surface area contributed by atoms with Crippen LogP contribution in [0.1, 0.15) is 52.9 Å². The van der Waals surface area contributed by atoms with Gasteiger partial charge >= 0.3 is 12.0 Å². The number of carboxylic acid groups (broad SMARTS) is 1. The Morgan fingerprint density at radius 1 is 1.25 bits per heavy atom. The first-order chi connectivity index (χ1) is 9.25. The van der Waals surface area contributed by atoms with E-state index in [0.717, 1.165) is 12.3 Å². The van der Waals surface area contributed by atoms with Gasteiger partial charge in [-0.25, -0.2) is 4.79 Å². The van der Waals surface area contributed by atoms with Crippen LogP contribution >= 0.6 is 0 Å². The van der Waals surface area contributed by atoms with Gasteiger partial charge in [0, 0.05) is 12.1 Å². The lowest BCUT2D eigenvalue weighted by molar-refractivity contribution is -0.138. The molecule has 2 amide bonds. The summed E-state index contributed by atoms with van der Waals surface area (Å²) in [5.41, 5.74) is -0.273. The molecule has 0 radical (unpaired) electrons. The Kier molecular flexibility index (Phi) is 4.25. The molecule has 0 spiro atoms. The highest BCUT2D eigenvalue weighted by molar-refractivity contribution is 5.76. The van der Waals surface area contributed by atoms with Crippen LogP contribution in [0.5, 0.6) is 0 Å². The fourth-order valence-corrected chi connectivity index (χ4v) is 3.54. The van der Waals surface area contributed by atoms with Crippen LogP contribution in [-0.2, 0) is 4.79 Å². The Balaban J connectivity index is 1.86. The van der Waals surface area contributed by atoms with Gasteiger partial charge in [0.25, 0.3) is 0 Å². The molecule has 2 aliphatic carbocycles. The highest BCUT2D eigenvalue weighted by Gasteiger charge is 2.40. The maximum atomic E-state index is 12.1. The number of carbonyl (C=O) groups excluding carboxylic acids is 1. The Morgan fingerprint density at radius 2 is 1.95 bits per heavy atom. The molecule has 2 fully saturated rings. The lowest BCUT2D eigenvalue weighted by Crippen LogP contribution is -2.52. The summed E-state index contributed by atoms with van der Waals surface area (Å²) in [5.74, 6) is 0.520. The minimum Gasteiger partial charge on any atom is -0.481 e. The van der Waals surface area contributed by atoms with E-state index in [2.05, 4.69) is 10.6 Å². The second kappa shape index (κ2) is 5.62. The molecule has 20 heavy (non-hydrogen) atoms. The second-order valence-electron chi connectivity index (χ2n) is 7.42. The Labute approximate surface area is 120 Å². The van der Waals surface area contributed by atoms with Crippen LogP contribution in [0.25, 0.3) is 0 Å². The molecule has 0 aromatic heterocycles. The summed E-state index contributed by atoms with van der Waals surface area (Å²) >= 11 is 0. The van der Waals surface area contributed by atoms with E-state index in [1.54, 1.807) is 0 Å². The van der Waals surface area contributed by atoms with Crippen LogP contribution in [0.3, 0.4) is 0 Å². The molecule has 3 N–H and O–H groups in total. The van der Waals surface area contributed by atoms with Crippen molar-refractivity contribution in [1.82, 2.24) is 10.6 Å². The number of fused-ring (bicyclic) bond motifs is 2. The topological polar surface area (TPSA) is 78.4 Å². The molecule has 0 saturated heterocycles. The van der Waals surface area contributed by atoms with Crippen LogP contribution in [0, 0.1) is 17.3 Å². The van der Waals surface area contributed by atoms with Crippen molar-refractivity contribution in [3.63, 3.8) is 0 Å². The predicted molar refractivity (Wildman–Crippen MR) is 76.4 cm³/mol. The number of carbonyl (C=O) groups is 2. The van der Waals surface area contributed by atoms with Gasteiger partial charge in [0.05, 0.1) is 6.42 Å². The molecule has 0 heterocycles. The van der Waals surface area contributed by atoms with E-state index in [4.69, 9.17) is 5.11 Å². The zero-order valence-electron chi connectivity index (χ0n) is 12.6. The molecule has 5 nitrogen and oxygen atoms in total. The average Bonchev–Trinajstić information content (AvgIpc) is 2.87. The van der Waals surface area contributed by atoms with Crippen LogP contribution < -0.4 is 10.6 Å². The molecule has 2 bridgehead atoms. The van der Waals surface area contributed by atoms with E-state index < -0.39 is 5.97 Å². The van der Waals surface area contributed by atoms with Gasteiger partial charge in [-0.3, -0.25) is 4.79 Å². The van der Waals surface area contributed by atoms with E-state index in [1.165, 1.54) is 19.3 Å². The van der Waals surface area contributed by atoms with Crippen LogP contribution in [0.15, 0.2) is 0 Å². The molecule has 114 valence electrons. The SMILES string of the molecule is CC(C)(C)C(CC(=O)O)NC(=O)NC1CC2CCC1C2. The maximum absolute atomic E-state index is 12.1. The summed E-state index contributed by atoms with van der Waals surface area (Å²) in [4.78, 5) is 23.0. The lowest BCUT2D eigenvalue weighted by Gasteiger charge is -2.31. The molecule has 5 heteroatoms. The van der Waals surface area contributed by atoms with E-state index in [-0.39, 0.29) is 30.0 Å². The van der Waals surface area contributed by atoms with Crippen LogP contribution in [-0.4, -0.2) is 29.2 Å². The summed E-state index contributed by atoms with van der Waals surface area (Å²) in [6.07, 6.45) is 4.79. The largest absolute Gasteiger partial charge is 0.481 e. The summed E-state index contributed by atoms with van der Waals surface area (Å²) in [6.45, 7) is 5.83.